The molecule has 0 aliphatic carbocycles. The second-order valence-corrected chi connectivity index (χ2v) is 5.92. The summed E-state index contributed by atoms with van der Waals surface area (Å²) in [5, 5.41) is 3.01. The summed E-state index contributed by atoms with van der Waals surface area (Å²) in [6.07, 6.45) is 3.34. The number of carbonyl (C=O) groups is 2. The third kappa shape index (κ3) is 4.66. The molecule has 0 unspecified atom stereocenters. The van der Waals surface area contributed by atoms with E-state index in [9.17, 15) is 9.59 Å². The molecule has 0 saturated carbocycles. The van der Waals surface area contributed by atoms with Crippen LogP contribution in [0, 0.1) is 13.8 Å². The van der Waals surface area contributed by atoms with Crippen LogP contribution in [0.2, 0.25) is 0 Å². The number of nitrogens with one attached hydrogen (secondary N) is 1. The van der Waals surface area contributed by atoms with Crippen molar-refractivity contribution in [1.82, 2.24) is 9.80 Å². The van der Waals surface area contributed by atoms with Crippen molar-refractivity contribution in [3.63, 3.8) is 0 Å². The predicted octanol–water partition coefficient (Wildman–Crippen LogP) is 1.96. The van der Waals surface area contributed by atoms with Crippen LogP contribution < -0.4 is 5.32 Å². The van der Waals surface area contributed by atoms with Gasteiger partial charge in [0.25, 0.3) is 0 Å². The lowest BCUT2D eigenvalue weighted by molar-refractivity contribution is -0.128. The second kappa shape index (κ2) is 7.92. The topological polar surface area (TPSA) is 52.7 Å². The number of aryl methyl sites for hydroxylation is 2. The second-order valence-electron chi connectivity index (χ2n) is 5.92. The molecule has 1 fully saturated rings. The van der Waals surface area contributed by atoms with Crippen molar-refractivity contribution in [3.8, 4) is 0 Å². The fourth-order valence-electron chi connectivity index (χ4n) is 2.77. The Morgan fingerprint density at radius 2 is 1.74 bits per heavy atom. The SMILES string of the molecule is C/C=C/C(=O)N1CCN(CC(=O)Nc2c(C)cccc2C)CC1. The third-order valence-corrected chi connectivity index (χ3v) is 4.11. The van der Waals surface area contributed by atoms with Crippen molar-refractivity contribution in [2.45, 2.75) is 20.8 Å². The summed E-state index contributed by atoms with van der Waals surface area (Å²) < 4.78 is 0. The zero-order valence-corrected chi connectivity index (χ0v) is 14.1. The zero-order chi connectivity index (χ0) is 16.8. The molecule has 0 spiro atoms. The van der Waals surface area contributed by atoms with Gasteiger partial charge < -0.3 is 10.2 Å². The molecule has 1 aromatic rings. The summed E-state index contributed by atoms with van der Waals surface area (Å²) in [6.45, 7) is 8.97. The minimum Gasteiger partial charge on any atom is -0.337 e. The Balaban J connectivity index is 1.84. The zero-order valence-electron chi connectivity index (χ0n) is 14.1. The van der Waals surface area contributed by atoms with Crippen LogP contribution in [0.25, 0.3) is 0 Å². The van der Waals surface area contributed by atoms with E-state index in [1.54, 1.807) is 12.2 Å². The number of benzene rings is 1. The first kappa shape index (κ1) is 17.2. The van der Waals surface area contributed by atoms with Crippen molar-refractivity contribution in [1.29, 1.82) is 0 Å². The Morgan fingerprint density at radius 3 is 2.30 bits per heavy atom. The first-order valence-corrected chi connectivity index (χ1v) is 8.01. The molecule has 23 heavy (non-hydrogen) atoms. The highest BCUT2D eigenvalue weighted by atomic mass is 16.2. The average molecular weight is 315 g/mol. The Bertz CT molecular complexity index is 582. The van der Waals surface area contributed by atoms with Gasteiger partial charge in [0.1, 0.15) is 0 Å². The number of para-hydroxylation sites is 1. The van der Waals surface area contributed by atoms with Crippen molar-refractivity contribution in [2.75, 3.05) is 38.0 Å². The number of hydrogen-bond donors (Lipinski definition) is 1. The number of anilines is 1. The Kier molecular flexibility index (Phi) is 5.93. The lowest BCUT2D eigenvalue weighted by Gasteiger charge is -2.33. The first-order valence-electron chi connectivity index (χ1n) is 8.01. The molecule has 1 N–H and O–H groups in total. The van der Waals surface area contributed by atoms with Gasteiger partial charge in [-0.3, -0.25) is 14.5 Å². The Morgan fingerprint density at radius 1 is 1.13 bits per heavy atom. The van der Waals surface area contributed by atoms with Crippen molar-refractivity contribution in [3.05, 3.63) is 41.5 Å². The average Bonchev–Trinajstić information content (AvgIpc) is 2.52. The fourth-order valence-corrected chi connectivity index (χ4v) is 2.77. The maximum absolute atomic E-state index is 12.3. The molecule has 1 heterocycles. The van der Waals surface area contributed by atoms with Gasteiger partial charge in [-0.1, -0.05) is 24.3 Å². The fraction of sp³-hybridized carbons (Fsp3) is 0.444. The Labute approximate surface area is 138 Å². The van der Waals surface area contributed by atoms with Crippen molar-refractivity contribution in [2.24, 2.45) is 0 Å². The highest BCUT2D eigenvalue weighted by Crippen LogP contribution is 2.19. The number of allylic oxidation sites excluding steroid dienone is 1. The largest absolute Gasteiger partial charge is 0.337 e. The van der Waals surface area contributed by atoms with E-state index in [4.69, 9.17) is 0 Å². The van der Waals surface area contributed by atoms with Crippen LogP contribution in [0.4, 0.5) is 5.69 Å². The molecular formula is C18H25N3O2. The molecule has 5 nitrogen and oxygen atoms in total. The van der Waals surface area contributed by atoms with E-state index in [0.717, 1.165) is 29.9 Å². The summed E-state index contributed by atoms with van der Waals surface area (Å²) >= 11 is 0. The normalized spacial score (nSPS) is 15.9. The summed E-state index contributed by atoms with van der Waals surface area (Å²) in [5.74, 6) is 0.0442. The number of carbonyl (C=O) groups excluding carboxylic acids is 2. The van der Waals surface area contributed by atoms with Gasteiger partial charge in [-0.05, 0) is 38.0 Å². The molecule has 1 aromatic carbocycles. The minimum absolute atomic E-state index is 0.00405. The summed E-state index contributed by atoms with van der Waals surface area (Å²) in [4.78, 5) is 27.9. The molecule has 0 aromatic heterocycles. The van der Waals surface area contributed by atoms with E-state index < -0.39 is 0 Å². The molecule has 1 aliphatic heterocycles. The van der Waals surface area contributed by atoms with E-state index in [1.165, 1.54) is 0 Å². The maximum Gasteiger partial charge on any atom is 0.246 e. The predicted molar refractivity (Wildman–Crippen MR) is 92.4 cm³/mol. The Hall–Kier alpha value is -2.14. The number of rotatable bonds is 4. The van der Waals surface area contributed by atoms with Crippen molar-refractivity contribution < 1.29 is 9.59 Å². The smallest absolute Gasteiger partial charge is 0.246 e. The van der Waals surface area contributed by atoms with Crippen molar-refractivity contribution >= 4 is 17.5 Å². The van der Waals surface area contributed by atoms with Crippen LogP contribution in [-0.4, -0.2) is 54.3 Å². The van der Waals surface area contributed by atoms with Gasteiger partial charge >= 0.3 is 0 Å². The summed E-state index contributed by atoms with van der Waals surface area (Å²) in [6, 6.07) is 5.98. The molecule has 2 amide bonds. The molecule has 0 atom stereocenters. The molecule has 1 aliphatic rings. The molecule has 2 rings (SSSR count). The third-order valence-electron chi connectivity index (χ3n) is 4.11. The van der Waals surface area contributed by atoms with Gasteiger partial charge in [0.15, 0.2) is 0 Å². The number of nitrogens with zero attached hydrogens (tertiary/aromatic N) is 2. The number of amides is 2. The van der Waals surface area contributed by atoms with Gasteiger partial charge in [-0.2, -0.15) is 0 Å². The van der Waals surface area contributed by atoms with E-state index in [0.29, 0.717) is 19.6 Å². The van der Waals surface area contributed by atoms with Crippen LogP contribution in [0.1, 0.15) is 18.1 Å². The van der Waals surface area contributed by atoms with Gasteiger partial charge in [-0.25, -0.2) is 0 Å². The quantitative estimate of drug-likeness (QED) is 0.864. The van der Waals surface area contributed by atoms with Gasteiger partial charge in [0.05, 0.1) is 6.54 Å². The van der Waals surface area contributed by atoms with Crippen LogP contribution in [0.3, 0.4) is 0 Å². The number of piperazine rings is 1. The van der Waals surface area contributed by atoms with E-state index in [2.05, 4.69) is 10.2 Å². The van der Waals surface area contributed by atoms with Gasteiger partial charge in [0.2, 0.25) is 11.8 Å². The number of hydrogen-bond acceptors (Lipinski definition) is 3. The van der Waals surface area contributed by atoms with E-state index in [-0.39, 0.29) is 11.8 Å². The minimum atomic E-state index is -0.00405. The standard InChI is InChI=1S/C18H25N3O2/c1-4-6-17(23)21-11-9-20(10-12-21)13-16(22)19-18-14(2)7-5-8-15(18)3/h4-8H,9-13H2,1-3H3,(H,19,22)/b6-4+. The van der Waals surface area contributed by atoms with Gasteiger partial charge in [-0.15, -0.1) is 0 Å². The highest BCUT2D eigenvalue weighted by molar-refractivity contribution is 5.93. The monoisotopic (exact) mass is 315 g/mol. The molecule has 1 saturated heterocycles. The molecule has 5 heteroatoms. The highest BCUT2D eigenvalue weighted by Gasteiger charge is 2.21. The molecule has 0 radical (unpaired) electrons. The van der Waals surface area contributed by atoms with Crippen LogP contribution in [0.5, 0.6) is 0 Å². The summed E-state index contributed by atoms with van der Waals surface area (Å²) in [5.41, 5.74) is 3.04. The molecule has 0 bridgehead atoms. The molecule has 124 valence electrons. The van der Waals surface area contributed by atoms with Crippen LogP contribution in [-0.2, 0) is 9.59 Å². The van der Waals surface area contributed by atoms with Crippen LogP contribution in [0.15, 0.2) is 30.4 Å². The van der Waals surface area contributed by atoms with E-state index in [1.807, 2.05) is 43.9 Å². The van der Waals surface area contributed by atoms with E-state index >= 15 is 0 Å². The lowest BCUT2D eigenvalue weighted by atomic mass is 10.1. The summed E-state index contributed by atoms with van der Waals surface area (Å²) in [7, 11) is 0. The van der Waals surface area contributed by atoms with Crippen LogP contribution >= 0.6 is 0 Å². The van der Waals surface area contributed by atoms with Gasteiger partial charge in [0, 0.05) is 31.9 Å². The molecular weight excluding hydrogens is 290 g/mol. The first-order chi connectivity index (χ1) is 11.0. The lowest BCUT2D eigenvalue weighted by Crippen LogP contribution is -2.50. The maximum atomic E-state index is 12.3.